The lowest BCUT2D eigenvalue weighted by molar-refractivity contribution is -0.385. The first-order valence-corrected chi connectivity index (χ1v) is 6.88. The van der Waals surface area contributed by atoms with Crippen molar-refractivity contribution in [2.45, 2.75) is 6.92 Å². The normalized spacial score (nSPS) is 11.4. The number of para-hydroxylation sites is 1. The first kappa shape index (κ1) is 16.1. The number of hydrogen-bond donors (Lipinski definition) is 1. The van der Waals surface area contributed by atoms with Crippen LogP contribution in [-0.2, 0) is 0 Å². The Hall–Kier alpha value is -3.28. The van der Waals surface area contributed by atoms with E-state index in [1.165, 1.54) is 24.4 Å². The first-order chi connectivity index (χ1) is 11.1. The summed E-state index contributed by atoms with van der Waals surface area (Å²) in [5.74, 6) is -0.624. The topological polar surface area (TPSA) is 84.6 Å². The van der Waals surface area contributed by atoms with Gasteiger partial charge in [-0.05, 0) is 24.1 Å². The van der Waals surface area contributed by atoms with Crippen LogP contribution >= 0.6 is 0 Å². The smallest absolute Gasteiger partial charge is 0.267 e. The molecule has 0 saturated carbocycles. The lowest BCUT2D eigenvalue weighted by Crippen LogP contribution is -2.18. The largest absolute Gasteiger partial charge is 0.282 e. The molecule has 6 nitrogen and oxygen atoms in total. The highest BCUT2D eigenvalue weighted by molar-refractivity contribution is 5.98. The van der Waals surface area contributed by atoms with E-state index in [9.17, 15) is 14.9 Å². The average Bonchev–Trinajstić information content (AvgIpc) is 2.55. The summed E-state index contributed by atoms with van der Waals surface area (Å²) in [6, 6.07) is 15.4. The molecule has 0 aromatic heterocycles. The van der Waals surface area contributed by atoms with E-state index in [0.717, 1.165) is 11.1 Å². The lowest BCUT2D eigenvalue weighted by Gasteiger charge is -2.01. The third-order valence-corrected chi connectivity index (χ3v) is 2.97. The van der Waals surface area contributed by atoms with E-state index in [1.807, 2.05) is 43.3 Å². The van der Waals surface area contributed by atoms with Gasteiger partial charge in [0.15, 0.2) is 0 Å². The molecule has 1 N–H and O–H groups in total. The van der Waals surface area contributed by atoms with Crippen molar-refractivity contribution in [1.82, 2.24) is 5.43 Å². The van der Waals surface area contributed by atoms with Gasteiger partial charge in [-0.25, -0.2) is 5.43 Å². The van der Waals surface area contributed by atoms with Gasteiger partial charge in [-0.15, -0.1) is 0 Å². The Bertz CT molecular complexity index is 768. The Kier molecular flexibility index (Phi) is 5.35. The van der Waals surface area contributed by atoms with Crippen LogP contribution in [0.4, 0.5) is 5.69 Å². The van der Waals surface area contributed by atoms with Crippen molar-refractivity contribution in [3.8, 4) is 0 Å². The molecule has 2 rings (SSSR count). The highest BCUT2D eigenvalue weighted by Crippen LogP contribution is 2.17. The minimum atomic E-state index is -0.624. The maximum atomic E-state index is 12.0. The summed E-state index contributed by atoms with van der Waals surface area (Å²) in [4.78, 5) is 22.3. The molecule has 2 aromatic rings. The van der Waals surface area contributed by atoms with Crippen LogP contribution in [0.5, 0.6) is 0 Å². The Morgan fingerprint density at radius 1 is 1.13 bits per heavy atom. The van der Waals surface area contributed by atoms with Gasteiger partial charge in [-0.1, -0.05) is 48.5 Å². The zero-order valence-corrected chi connectivity index (χ0v) is 12.5. The third kappa shape index (κ3) is 4.60. The van der Waals surface area contributed by atoms with Crippen molar-refractivity contribution < 1.29 is 9.72 Å². The molecule has 116 valence electrons. The summed E-state index contributed by atoms with van der Waals surface area (Å²) in [7, 11) is 0. The van der Waals surface area contributed by atoms with Gasteiger partial charge in [0, 0.05) is 6.07 Å². The number of allylic oxidation sites excluding steroid dienone is 1. The van der Waals surface area contributed by atoms with Crippen LogP contribution in [0.1, 0.15) is 22.8 Å². The van der Waals surface area contributed by atoms with Gasteiger partial charge in [0.05, 0.1) is 11.1 Å². The Balaban J connectivity index is 2.05. The third-order valence-electron chi connectivity index (χ3n) is 2.97. The van der Waals surface area contributed by atoms with E-state index in [0.29, 0.717) is 0 Å². The summed E-state index contributed by atoms with van der Waals surface area (Å²) < 4.78 is 0. The number of amides is 1. The molecule has 23 heavy (non-hydrogen) atoms. The zero-order chi connectivity index (χ0) is 16.7. The van der Waals surface area contributed by atoms with Gasteiger partial charge < -0.3 is 0 Å². The number of nitro groups is 1. The molecule has 0 aliphatic carbocycles. The number of benzene rings is 2. The van der Waals surface area contributed by atoms with Gasteiger partial charge >= 0.3 is 0 Å². The molecule has 0 spiro atoms. The molecule has 0 radical (unpaired) electrons. The molecule has 0 aliphatic heterocycles. The standard InChI is InChI=1S/C17H15N3O3/c1-13(11-14-7-3-2-4-8-14)12-18-19-17(21)15-9-5-6-10-16(15)20(22)23/h2-12H,1H3,(H,19,21)/b13-11+,18-12+. The summed E-state index contributed by atoms with van der Waals surface area (Å²) in [6.45, 7) is 1.84. The molecule has 0 heterocycles. The number of nitrogens with one attached hydrogen (secondary N) is 1. The van der Waals surface area contributed by atoms with Gasteiger partial charge in [0.2, 0.25) is 0 Å². The van der Waals surface area contributed by atoms with Crippen LogP contribution in [0.3, 0.4) is 0 Å². The fraction of sp³-hybridized carbons (Fsp3) is 0.0588. The second-order valence-corrected chi connectivity index (χ2v) is 4.77. The van der Waals surface area contributed by atoms with Gasteiger partial charge in [-0.3, -0.25) is 14.9 Å². The highest BCUT2D eigenvalue weighted by atomic mass is 16.6. The maximum absolute atomic E-state index is 12.0. The van der Waals surface area contributed by atoms with Gasteiger partial charge in [-0.2, -0.15) is 5.10 Å². The highest BCUT2D eigenvalue weighted by Gasteiger charge is 2.18. The van der Waals surface area contributed by atoms with E-state index in [4.69, 9.17) is 0 Å². The van der Waals surface area contributed by atoms with Crippen molar-refractivity contribution in [2.24, 2.45) is 5.10 Å². The van der Waals surface area contributed by atoms with Crippen LogP contribution in [0.25, 0.3) is 6.08 Å². The number of nitrogens with zero attached hydrogens (tertiary/aromatic N) is 2. The van der Waals surface area contributed by atoms with Crippen LogP contribution < -0.4 is 5.43 Å². The molecular formula is C17H15N3O3. The van der Waals surface area contributed by atoms with Crippen LogP contribution in [-0.4, -0.2) is 17.0 Å². The van der Waals surface area contributed by atoms with Gasteiger partial charge in [0.1, 0.15) is 5.56 Å². The summed E-state index contributed by atoms with van der Waals surface area (Å²) >= 11 is 0. The van der Waals surface area contributed by atoms with Crippen LogP contribution in [0, 0.1) is 10.1 Å². The second kappa shape index (κ2) is 7.65. The van der Waals surface area contributed by atoms with Crippen LogP contribution in [0.15, 0.2) is 65.3 Å². The summed E-state index contributed by atoms with van der Waals surface area (Å²) in [5, 5.41) is 14.7. The molecule has 2 aromatic carbocycles. The molecule has 0 saturated heterocycles. The number of hydrogen-bond acceptors (Lipinski definition) is 4. The molecule has 0 atom stereocenters. The van der Waals surface area contributed by atoms with E-state index >= 15 is 0 Å². The number of carbonyl (C=O) groups excluding carboxylic acids is 1. The van der Waals surface area contributed by atoms with Crippen molar-refractivity contribution in [1.29, 1.82) is 0 Å². The molecular weight excluding hydrogens is 294 g/mol. The number of carbonyl (C=O) groups is 1. The monoisotopic (exact) mass is 309 g/mol. The molecule has 0 bridgehead atoms. The maximum Gasteiger partial charge on any atom is 0.282 e. The summed E-state index contributed by atoms with van der Waals surface area (Å²) in [5.41, 5.74) is 3.86. The van der Waals surface area contributed by atoms with E-state index in [1.54, 1.807) is 6.07 Å². The predicted octanol–water partition coefficient (Wildman–Crippen LogP) is 3.41. The van der Waals surface area contributed by atoms with Crippen LogP contribution in [0.2, 0.25) is 0 Å². The molecule has 1 amide bonds. The lowest BCUT2D eigenvalue weighted by atomic mass is 10.1. The second-order valence-electron chi connectivity index (χ2n) is 4.77. The zero-order valence-electron chi connectivity index (χ0n) is 12.5. The van der Waals surface area contributed by atoms with Crippen molar-refractivity contribution >= 4 is 23.9 Å². The molecule has 0 aliphatic rings. The molecule has 6 heteroatoms. The van der Waals surface area contributed by atoms with E-state index < -0.39 is 10.8 Å². The Morgan fingerprint density at radius 3 is 2.48 bits per heavy atom. The fourth-order valence-electron chi connectivity index (χ4n) is 1.93. The van der Waals surface area contributed by atoms with E-state index in [2.05, 4.69) is 10.5 Å². The molecule has 0 unspecified atom stereocenters. The molecule has 0 fully saturated rings. The number of nitro benzene ring substituents is 1. The van der Waals surface area contributed by atoms with Crippen molar-refractivity contribution in [3.63, 3.8) is 0 Å². The first-order valence-electron chi connectivity index (χ1n) is 6.88. The Morgan fingerprint density at radius 2 is 1.78 bits per heavy atom. The van der Waals surface area contributed by atoms with Gasteiger partial charge in [0.25, 0.3) is 11.6 Å². The SMILES string of the molecule is CC(/C=N/NC(=O)c1ccccc1[N+](=O)[O-])=C\c1ccccc1. The average molecular weight is 309 g/mol. The van der Waals surface area contributed by atoms with Crippen molar-refractivity contribution in [3.05, 3.63) is 81.4 Å². The fourth-order valence-corrected chi connectivity index (χ4v) is 1.93. The quantitative estimate of drug-likeness (QED) is 0.522. The minimum Gasteiger partial charge on any atom is -0.267 e. The van der Waals surface area contributed by atoms with E-state index in [-0.39, 0.29) is 11.3 Å². The number of hydrazone groups is 1. The summed E-state index contributed by atoms with van der Waals surface area (Å²) in [6.07, 6.45) is 3.39. The predicted molar refractivity (Wildman–Crippen MR) is 89.1 cm³/mol. The minimum absolute atomic E-state index is 0.0284. The Labute approximate surface area is 133 Å². The number of rotatable bonds is 5. The van der Waals surface area contributed by atoms with Crippen molar-refractivity contribution in [2.75, 3.05) is 0 Å².